The number of fused-ring (bicyclic) bond motifs is 5. The van der Waals surface area contributed by atoms with Crippen LogP contribution in [0.3, 0.4) is 0 Å². The molecule has 4 rings (SSSR count). The lowest BCUT2D eigenvalue weighted by Gasteiger charge is -2.22. The summed E-state index contributed by atoms with van der Waals surface area (Å²) >= 11 is 5.85. The van der Waals surface area contributed by atoms with Gasteiger partial charge < -0.3 is 5.32 Å². The molecule has 3 heteroatoms. The predicted octanol–water partition coefficient (Wildman–Crippen LogP) is 3.61. The molecule has 3 heterocycles. The van der Waals surface area contributed by atoms with Crippen LogP contribution in [-0.4, -0.2) is 4.98 Å². The number of halogens is 1. The van der Waals surface area contributed by atoms with E-state index >= 15 is 0 Å². The third-order valence-corrected chi connectivity index (χ3v) is 4.38. The Kier molecular flexibility index (Phi) is 2.23. The number of nitrogens with one attached hydrogen (secondary N) is 1. The molecule has 1 saturated heterocycles. The number of aromatic nitrogens is 1. The normalized spacial score (nSPS) is 28.4. The summed E-state index contributed by atoms with van der Waals surface area (Å²) in [6.07, 6.45) is 3.07. The van der Waals surface area contributed by atoms with Crippen molar-refractivity contribution in [2.45, 2.75) is 24.4 Å². The van der Waals surface area contributed by atoms with Crippen LogP contribution >= 0.6 is 11.6 Å². The van der Waals surface area contributed by atoms with E-state index in [0.29, 0.717) is 23.2 Å². The molecule has 2 bridgehead atoms. The van der Waals surface area contributed by atoms with E-state index in [2.05, 4.69) is 40.6 Å². The molecule has 90 valence electrons. The summed E-state index contributed by atoms with van der Waals surface area (Å²) in [6, 6.07) is 13.7. The van der Waals surface area contributed by atoms with E-state index in [1.165, 1.54) is 16.7 Å². The summed E-state index contributed by atoms with van der Waals surface area (Å²) in [6.45, 7) is 0. The molecule has 0 aliphatic carbocycles. The fourth-order valence-electron chi connectivity index (χ4n) is 3.36. The fourth-order valence-corrected chi connectivity index (χ4v) is 3.47. The molecule has 2 aliphatic heterocycles. The zero-order chi connectivity index (χ0) is 12.1. The van der Waals surface area contributed by atoms with Crippen molar-refractivity contribution in [2.75, 3.05) is 0 Å². The molecule has 18 heavy (non-hydrogen) atoms. The lowest BCUT2D eigenvalue weighted by molar-refractivity contribution is 0.586. The molecule has 2 aliphatic rings. The van der Waals surface area contributed by atoms with Crippen LogP contribution in [0, 0.1) is 0 Å². The summed E-state index contributed by atoms with van der Waals surface area (Å²) in [5.74, 6) is 0.523. The minimum absolute atomic E-state index is 0.439. The molecule has 1 aromatic carbocycles. The van der Waals surface area contributed by atoms with E-state index in [0.717, 1.165) is 6.42 Å². The quantitative estimate of drug-likeness (QED) is 0.789. The SMILES string of the molecule is Clc1ccc([C@H]2C[C@H]3N[C@@H]2c2ccccc23)cn1. The molecule has 1 aromatic heterocycles. The number of benzene rings is 1. The van der Waals surface area contributed by atoms with E-state index in [-0.39, 0.29) is 0 Å². The van der Waals surface area contributed by atoms with Crippen LogP contribution in [0.4, 0.5) is 0 Å². The highest BCUT2D eigenvalue weighted by Crippen LogP contribution is 2.52. The average Bonchev–Trinajstić information content (AvgIpc) is 2.99. The van der Waals surface area contributed by atoms with Crippen molar-refractivity contribution in [3.63, 3.8) is 0 Å². The topological polar surface area (TPSA) is 24.9 Å². The maximum absolute atomic E-state index is 5.85. The van der Waals surface area contributed by atoms with Gasteiger partial charge >= 0.3 is 0 Å². The van der Waals surface area contributed by atoms with Gasteiger partial charge in [-0.1, -0.05) is 41.9 Å². The second-order valence-corrected chi connectivity index (χ2v) is 5.47. The Hall–Kier alpha value is -1.38. The summed E-state index contributed by atoms with van der Waals surface area (Å²) in [4.78, 5) is 4.20. The van der Waals surface area contributed by atoms with E-state index < -0.39 is 0 Å². The van der Waals surface area contributed by atoms with Gasteiger partial charge in [0.15, 0.2) is 0 Å². The van der Waals surface area contributed by atoms with Crippen LogP contribution < -0.4 is 5.32 Å². The largest absolute Gasteiger partial charge is 0.302 e. The summed E-state index contributed by atoms with van der Waals surface area (Å²) in [7, 11) is 0. The zero-order valence-corrected chi connectivity index (χ0v) is 10.6. The lowest BCUT2D eigenvalue weighted by Crippen LogP contribution is -2.12. The molecule has 2 nitrogen and oxygen atoms in total. The summed E-state index contributed by atoms with van der Waals surface area (Å²) in [5, 5.41) is 4.26. The molecule has 0 unspecified atom stereocenters. The molecule has 0 radical (unpaired) electrons. The first-order valence-electron chi connectivity index (χ1n) is 6.29. The number of hydrogen-bond donors (Lipinski definition) is 1. The average molecular weight is 257 g/mol. The molecule has 1 fully saturated rings. The Morgan fingerprint density at radius 2 is 1.94 bits per heavy atom. The van der Waals surface area contributed by atoms with Gasteiger partial charge in [0.05, 0.1) is 0 Å². The highest BCUT2D eigenvalue weighted by molar-refractivity contribution is 6.29. The van der Waals surface area contributed by atoms with Crippen molar-refractivity contribution in [1.82, 2.24) is 10.3 Å². The second-order valence-electron chi connectivity index (χ2n) is 5.08. The van der Waals surface area contributed by atoms with Crippen LogP contribution in [0.15, 0.2) is 42.6 Å². The molecule has 0 amide bonds. The molecular formula is C15H13ClN2. The minimum atomic E-state index is 0.439. The maximum atomic E-state index is 5.85. The number of hydrogen-bond acceptors (Lipinski definition) is 2. The smallest absolute Gasteiger partial charge is 0.129 e. The van der Waals surface area contributed by atoms with Crippen molar-refractivity contribution in [1.29, 1.82) is 0 Å². The van der Waals surface area contributed by atoms with Crippen molar-refractivity contribution in [2.24, 2.45) is 0 Å². The van der Waals surface area contributed by atoms with Crippen LogP contribution in [0.25, 0.3) is 0 Å². The van der Waals surface area contributed by atoms with E-state index in [4.69, 9.17) is 11.6 Å². The minimum Gasteiger partial charge on any atom is -0.302 e. The summed E-state index contributed by atoms with van der Waals surface area (Å²) in [5.41, 5.74) is 4.21. The molecule has 2 aromatic rings. The van der Waals surface area contributed by atoms with Gasteiger partial charge in [0.2, 0.25) is 0 Å². The van der Waals surface area contributed by atoms with Crippen LogP contribution in [0.2, 0.25) is 5.15 Å². The number of rotatable bonds is 1. The first kappa shape index (κ1) is 10.5. The van der Waals surface area contributed by atoms with Crippen LogP contribution in [0.5, 0.6) is 0 Å². The van der Waals surface area contributed by atoms with Crippen molar-refractivity contribution in [3.05, 3.63) is 64.4 Å². The Balaban J connectivity index is 1.74. The van der Waals surface area contributed by atoms with E-state index in [1.807, 2.05) is 12.3 Å². The van der Waals surface area contributed by atoms with Crippen LogP contribution in [-0.2, 0) is 0 Å². The third-order valence-electron chi connectivity index (χ3n) is 4.16. The highest BCUT2D eigenvalue weighted by atomic mass is 35.5. The highest BCUT2D eigenvalue weighted by Gasteiger charge is 2.43. The van der Waals surface area contributed by atoms with Gasteiger partial charge in [-0.3, -0.25) is 0 Å². The molecule has 3 atom stereocenters. The van der Waals surface area contributed by atoms with Gasteiger partial charge in [-0.05, 0) is 29.2 Å². The first-order chi connectivity index (χ1) is 8.83. The predicted molar refractivity (Wildman–Crippen MR) is 71.7 cm³/mol. The van der Waals surface area contributed by atoms with Crippen molar-refractivity contribution >= 4 is 11.6 Å². The van der Waals surface area contributed by atoms with Crippen molar-refractivity contribution < 1.29 is 0 Å². The Labute approximate surface area is 111 Å². The zero-order valence-electron chi connectivity index (χ0n) is 9.81. The van der Waals surface area contributed by atoms with Gasteiger partial charge in [0.25, 0.3) is 0 Å². The fraction of sp³-hybridized carbons (Fsp3) is 0.267. The molecular weight excluding hydrogens is 244 g/mol. The van der Waals surface area contributed by atoms with Gasteiger partial charge in [0, 0.05) is 24.2 Å². The van der Waals surface area contributed by atoms with E-state index in [1.54, 1.807) is 0 Å². The third kappa shape index (κ3) is 1.43. The summed E-state index contributed by atoms with van der Waals surface area (Å²) < 4.78 is 0. The molecule has 0 saturated carbocycles. The van der Waals surface area contributed by atoms with Gasteiger partial charge in [-0.2, -0.15) is 0 Å². The molecule has 1 N–H and O–H groups in total. The first-order valence-corrected chi connectivity index (χ1v) is 6.67. The Morgan fingerprint density at radius 1 is 1.11 bits per heavy atom. The maximum Gasteiger partial charge on any atom is 0.129 e. The monoisotopic (exact) mass is 256 g/mol. The second kappa shape index (κ2) is 3.81. The standard InChI is InChI=1S/C15H13ClN2/c16-14-6-5-9(8-17-14)12-7-13-10-3-1-2-4-11(10)15(12)18-13/h1-6,8,12-13,15,18H,7H2/t12-,13-,15-/m1/s1. The molecule has 0 spiro atoms. The van der Waals surface area contributed by atoms with Crippen molar-refractivity contribution in [3.8, 4) is 0 Å². The number of nitrogens with zero attached hydrogens (tertiary/aromatic N) is 1. The van der Waals surface area contributed by atoms with Gasteiger partial charge in [-0.25, -0.2) is 4.98 Å². The Bertz CT molecular complexity index is 594. The van der Waals surface area contributed by atoms with Crippen LogP contribution in [0.1, 0.15) is 41.1 Å². The Morgan fingerprint density at radius 3 is 2.72 bits per heavy atom. The van der Waals surface area contributed by atoms with Gasteiger partial charge in [-0.15, -0.1) is 0 Å². The van der Waals surface area contributed by atoms with Gasteiger partial charge in [0.1, 0.15) is 5.15 Å². The lowest BCUT2D eigenvalue weighted by atomic mass is 9.81. The number of pyridine rings is 1. The van der Waals surface area contributed by atoms with E-state index in [9.17, 15) is 0 Å².